The van der Waals surface area contributed by atoms with Gasteiger partial charge in [0.15, 0.2) is 0 Å². The van der Waals surface area contributed by atoms with Crippen molar-refractivity contribution in [1.82, 2.24) is 5.32 Å². The minimum atomic E-state index is -0.997. The molecule has 8 nitrogen and oxygen atoms in total. The lowest BCUT2D eigenvalue weighted by atomic mass is 10.0. The average molecular weight is 545 g/mol. The SMILES string of the molecule is CC(C)CCCCCCOC(=O)CCCCCNC(=O)O.CC(C)CCCCCCOC(=O)CCCCN. The van der Waals surface area contributed by atoms with Crippen LogP contribution in [0.5, 0.6) is 0 Å². The van der Waals surface area contributed by atoms with Crippen molar-refractivity contribution < 1.29 is 29.0 Å². The van der Waals surface area contributed by atoms with Gasteiger partial charge in [-0.15, -0.1) is 0 Å². The molecule has 0 rings (SSSR count). The number of amides is 1. The molecule has 0 atom stereocenters. The van der Waals surface area contributed by atoms with Crippen molar-refractivity contribution in [3.05, 3.63) is 0 Å². The molecule has 1 amide bonds. The topological polar surface area (TPSA) is 128 Å². The molecular weight excluding hydrogens is 484 g/mol. The second kappa shape index (κ2) is 29.7. The van der Waals surface area contributed by atoms with Gasteiger partial charge in [-0.3, -0.25) is 9.59 Å². The van der Waals surface area contributed by atoms with E-state index in [0.29, 0.717) is 39.1 Å². The normalized spacial score (nSPS) is 10.7. The summed E-state index contributed by atoms with van der Waals surface area (Å²) in [7, 11) is 0. The van der Waals surface area contributed by atoms with E-state index in [1.165, 1.54) is 44.9 Å². The van der Waals surface area contributed by atoms with Crippen LogP contribution in [-0.4, -0.2) is 49.4 Å². The number of esters is 2. The molecular formula is C30H60N2O6. The fourth-order valence-electron chi connectivity index (χ4n) is 3.71. The molecule has 0 aromatic heterocycles. The van der Waals surface area contributed by atoms with Crippen molar-refractivity contribution in [3.8, 4) is 0 Å². The summed E-state index contributed by atoms with van der Waals surface area (Å²) in [6.45, 7) is 11.2. The van der Waals surface area contributed by atoms with Gasteiger partial charge in [0.05, 0.1) is 13.2 Å². The second-order valence-corrected chi connectivity index (χ2v) is 10.9. The van der Waals surface area contributed by atoms with Gasteiger partial charge in [0.25, 0.3) is 0 Å². The molecule has 0 heterocycles. The lowest BCUT2D eigenvalue weighted by Gasteiger charge is -2.06. The first-order chi connectivity index (χ1) is 18.2. The first-order valence-corrected chi connectivity index (χ1v) is 15.2. The Morgan fingerprint density at radius 3 is 1.47 bits per heavy atom. The van der Waals surface area contributed by atoms with E-state index < -0.39 is 6.09 Å². The lowest BCUT2D eigenvalue weighted by molar-refractivity contribution is -0.144. The van der Waals surface area contributed by atoms with Crippen molar-refractivity contribution in [2.75, 3.05) is 26.3 Å². The van der Waals surface area contributed by atoms with E-state index in [1.807, 2.05) is 0 Å². The Morgan fingerprint density at radius 2 is 1.05 bits per heavy atom. The maximum absolute atomic E-state index is 11.4. The van der Waals surface area contributed by atoms with Crippen molar-refractivity contribution in [3.63, 3.8) is 0 Å². The van der Waals surface area contributed by atoms with Crippen LogP contribution in [-0.2, 0) is 19.1 Å². The van der Waals surface area contributed by atoms with Gasteiger partial charge in [-0.25, -0.2) is 4.79 Å². The highest BCUT2D eigenvalue weighted by Gasteiger charge is 2.03. The van der Waals surface area contributed by atoms with E-state index in [4.69, 9.17) is 20.3 Å². The molecule has 0 fully saturated rings. The van der Waals surface area contributed by atoms with Crippen molar-refractivity contribution in [2.24, 2.45) is 17.6 Å². The fourth-order valence-corrected chi connectivity index (χ4v) is 3.71. The molecule has 0 aromatic rings. The number of carbonyl (C=O) groups is 3. The minimum Gasteiger partial charge on any atom is -0.466 e. The second-order valence-electron chi connectivity index (χ2n) is 10.9. The molecule has 0 aliphatic carbocycles. The summed E-state index contributed by atoms with van der Waals surface area (Å²) in [4.78, 5) is 32.9. The highest BCUT2D eigenvalue weighted by molar-refractivity contribution is 5.69. The van der Waals surface area contributed by atoms with Gasteiger partial charge in [0.2, 0.25) is 0 Å². The predicted octanol–water partition coefficient (Wildman–Crippen LogP) is 7.23. The molecule has 0 saturated heterocycles. The van der Waals surface area contributed by atoms with Crippen molar-refractivity contribution in [1.29, 1.82) is 0 Å². The first kappa shape index (κ1) is 38.3. The predicted molar refractivity (Wildman–Crippen MR) is 155 cm³/mol. The summed E-state index contributed by atoms with van der Waals surface area (Å²) >= 11 is 0. The maximum atomic E-state index is 11.4. The summed E-state index contributed by atoms with van der Waals surface area (Å²) in [5, 5.41) is 10.7. The third kappa shape index (κ3) is 36.3. The van der Waals surface area contributed by atoms with Crippen LogP contribution in [0, 0.1) is 11.8 Å². The third-order valence-electron chi connectivity index (χ3n) is 6.05. The van der Waals surface area contributed by atoms with Crippen LogP contribution in [0.15, 0.2) is 0 Å². The molecule has 0 aromatic carbocycles. The smallest absolute Gasteiger partial charge is 0.404 e. The number of nitrogens with two attached hydrogens (primary N) is 1. The minimum absolute atomic E-state index is 0.0689. The third-order valence-corrected chi connectivity index (χ3v) is 6.05. The van der Waals surface area contributed by atoms with Crippen LogP contribution in [0.3, 0.4) is 0 Å². The van der Waals surface area contributed by atoms with Crippen LogP contribution in [0.4, 0.5) is 4.79 Å². The molecule has 8 heteroatoms. The van der Waals surface area contributed by atoms with E-state index in [0.717, 1.165) is 63.2 Å². The molecule has 0 bridgehead atoms. The van der Waals surface area contributed by atoms with Crippen LogP contribution in [0.1, 0.15) is 137 Å². The van der Waals surface area contributed by atoms with E-state index in [2.05, 4.69) is 33.0 Å². The lowest BCUT2D eigenvalue weighted by Crippen LogP contribution is -2.21. The average Bonchev–Trinajstić information content (AvgIpc) is 2.85. The number of hydrogen-bond donors (Lipinski definition) is 3. The summed E-state index contributed by atoms with van der Waals surface area (Å²) in [5.74, 6) is 1.37. The van der Waals surface area contributed by atoms with Gasteiger partial charge in [-0.1, -0.05) is 85.5 Å². The Bertz CT molecular complexity index is 555. The Labute approximate surface area is 233 Å². The summed E-state index contributed by atoms with van der Waals surface area (Å²) in [6.07, 6.45) is 15.9. The number of carboxylic acid groups (broad SMARTS) is 1. The molecule has 4 N–H and O–H groups in total. The van der Waals surface area contributed by atoms with Crippen LogP contribution >= 0.6 is 0 Å². The number of hydrogen-bond acceptors (Lipinski definition) is 6. The Balaban J connectivity index is 0. The Morgan fingerprint density at radius 1 is 0.632 bits per heavy atom. The van der Waals surface area contributed by atoms with E-state index in [1.54, 1.807) is 0 Å². The van der Waals surface area contributed by atoms with E-state index in [-0.39, 0.29) is 11.9 Å². The first-order valence-electron chi connectivity index (χ1n) is 15.2. The van der Waals surface area contributed by atoms with Crippen molar-refractivity contribution >= 4 is 18.0 Å². The molecule has 0 unspecified atom stereocenters. The van der Waals surface area contributed by atoms with Gasteiger partial charge < -0.3 is 25.6 Å². The molecule has 226 valence electrons. The van der Waals surface area contributed by atoms with E-state index in [9.17, 15) is 14.4 Å². The quantitative estimate of drug-likeness (QED) is 0.0863. The standard InChI is InChI=1S/C16H31NO4.C14H29NO2/c1-14(2)10-6-3-4-9-13-21-15(18)11-7-5-8-12-17-16(19)20;1-13(2)9-5-3-4-8-12-17-14(16)10-6-7-11-15/h14,17H,3-13H2,1-2H3,(H,19,20);13H,3-12,15H2,1-2H3. The van der Waals surface area contributed by atoms with Crippen LogP contribution < -0.4 is 11.1 Å². The zero-order valence-corrected chi connectivity index (χ0v) is 25.1. The van der Waals surface area contributed by atoms with Gasteiger partial charge in [-0.2, -0.15) is 0 Å². The van der Waals surface area contributed by atoms with Gasteiger partial charge in [0.1, 0.15) is 0 Å². The van der Waals surface area contributed by atoms with Gasteiger partial charge in [-0.05, 0) is 56.9 Å². The zero-order valence-electron chi connectivity index (χ0n) is 25.1. The molecule has 0 aliphatic rings. The van der Waals surface area contributed by atoms with Crippen LogP contribution in [0.2, 0.25) is 0 Å². The Kier molecular flexibility index (Phi) is 30.0. The van der Waals surface area contributed by atoms with Gasteiger partial charge >= 0.3 is 18.0 Å². The summed E-state index contributed by atoms with van der Waals surface area (Å²) in [6, 6.07) is 0. The van der Waals surface area contributed by atoms with Gasteiger partial charge in [0, 0.05) is 19.4 Å². The number of rotatable bonds is 24. The summed E-state index contributed by atoms with van der Waals surface area (Å²) in [5.41, 5.74) is 5.35. The van der Waals surface area contributed by atoms with Crippen molar-refractivity contribution in [2.45, 2.75) is 137 Å². The highest BCUT2D eigenvalue weighted by atomic mass is 16.5. The largest absolute Gasteiger partial charge is 0.466 e. The highest BCUT2D eigenvalue weighted by Crippen LogP contribution is 2.10. The number of carbonyl (C=O) groups excluding carboxylic acids is 2. The fraction of sp³-hybridized carbons (Fsp3) is 0.900. The molecule has 0 saturated carbocycles. The molecule has 38 heavy (non-hydrogen) atoms. The number of ether oxygens (including phenoxy) is 2. The molecule has 0 aliphatic heterocycles. The molecule has 0 spiro atoms. The number of nitrogens with one attached hydrogen (secondary N) is 1. The van der Waals surface area contributed by atoms with E-state index >= 15 is 0 Å². The monoisotopic (exact) mass is 544 g/mol. The number of unbranched alkanes of at least 4 members (excludes halogenated alkanes) is 9. The zero-order chi connectivity index (χ0) is 28.9. The maximum Gasteiger partial charge on any atom is 0.404 e. The Hall–Kier alpha value is -1.83. The molecule has 0 radical (unpaired) electrons. The summed E-state index contributed by atoms with van der Waals surface area (Å²) < 4.78 is 10.3. The van der Waals surface area contributed by atoms with Crippen LogP contribution in [0.25, 0.3) is 0 Å².